The average Bonchev–Trinajstić information content (AvgIpc) is 2.81. The Kier molecular flexibility index (Phi) is 3.09. The van der Waals surface area contributed by atoms with Crippen molar-refractivity contribution in [1.82, 2.24) is 4.98 Å². The second kappa shape index (κ2) is 4.51. The molecule has 0 saturated heterocycles. The van der Waals surface area contributed by atoms with Crippen molar-refractivity contribution in [1.29, 1.82) is 0 Å². The van der Waals surface area contributed by atoms with Gasteiger partial charge in [-0.2, -0.15) is 0 Å². The van der Waals surface area contributed by atoms with Gasteiger partial charge in [0.15, 0.2) is 0 Å². The van der Waals surface area contributed by atoms with E-state index in [1.807, 2.05) is 24.4 Å². The molecular weight excluding hydrogens is 257 g/mol. The van der Waals surface area contributed by atoms with E-state index in [2.05, 4.69) is 9.92 Å². The first kappa shape index (κ1) is 10.3. The molecule has 0 saturated carbocycles. The van der Waals surface area contributed by atoms with Crippen LogP contribution in [0.25, 0.3) is 10.1 Å². The minimum absolute atomic E-state index is 0.347. The van der Waals surface area contributed by atoms with E-state index in [0.29, 0.717) is 14.5 Å². The number of hydrogen-bond acceptors (Lipinski definition) is 3. The summed E-state index contributed by atoms with van der Waals surface area (Å²) in [5, 5.41) is 0. The number of hydrogen-bond donors (Lipinski definition) is 0. The Labute approximate surface area is 94.4 Å². The van der Waals surface area contributed by atoms with Crippen LogP contribution >= 0.6 is 0 Å². The zero-order chi connectivity index (χ0) is 10.7. The van der Waals surface area contributed by atoms with Gasteiger partial charge >= 0.3 is 94.1 Å². The van der Waals surface area contributed by atoms with Crippen molar-refractivity contribution in [2.24, 2.45) is 0 Å². The summed E-state index contributed by atoms with van der Waals surface area (Å²) < 4.78 is 11.5. The Morgan fingerprint density at radius 2 is 1.93 bits per heavy atom. The van der Waals surface area contributed by atoms with E-state index in [-0.39, 0.29) is 0 Å². The van der Waals surface area contributed by atoms with E-state index in [4.69, 9.17) is 9.47 Å². The molecule has 1 aromatic heterocycles. The third-order valence-electron chi connectivity index (χ3n) is 2.06. The molecule has 78 valence electrons. The summed E-state index contributed by atoms with van der Waals surface area (Å²) in [4.78, 5) is 6.40. The summed E-state index contributed by atoms with van der Waals surface area (Å²) in [6.07, 6.45) is 1.85. The third-order valence-corrected chi connectivity index (χ3v) is 3.79. The molecule has 0 aliphatic heterocycles. The normalized spacial score (nSPS) is 10.0. The first-order valence-electron chi connectivity index (χ1n) is 4.47. The number of ether oxygens (including phenoxy) is 2. The Hall–Kier alpha value is -1.25. The molecule has 1 aromatic carbocycles. The van der Waals surface area contributed by atoms with Crippen LogP contribution in [0.1, 0.15) is 0 Å². The van der Waals surface area contributed by atoms with Gasteiger partial charge < -0.3 is 0 Å². The van der Waals surface area contributed by atoms with Crippen LogP contribution in [0.2, 0.25) is 0 Å². The molecule has 0 spiro atoms. The Morgan fingerprint density at radius 3 is 2.53 bits per heavy atom. The maximum absolute atomic E-state index is 5.24. The molecule has 1 heterocycles. The Balaban J connectivity index is 2.43. The molecule has 0 atom stereocenters. The van der Waals surface area contributed by atoms with Gasteiger partial charge in [-0.25, -0.2) is 0 Å². The van der Waals surface area contributed by atoms with E-state index >= 15 is 0 Å². The minimum atomic E-state index is 0.347. The maximum atomic E-state index is 5.24. The fourth-order valence-corrected chi connectivity index (χ4v) is 2.67. The Morgan fingerprint density at radius 1 is 1.13 bits per heavy atom. The van der Waals surface area contributed by atoms with Crippen molar-refractivity contribution in [2.45, 2.75) is 0 Å². The molecule has 15 heavy (non-hydrogen) atoms. The first-order chi connectivity index (χ1) is 7.35. The van der Waals surface area contributed by atoms with Crippen LogP contribution in [0, 0.1) is 0 Å². The van der Waals surface area contributed by atoms with Crippen LogP contribution in [0.3, 0.4) is 0 Å². The molecular formula is C11H11NO2Se. The van der Waals surface area contributed by atoms with Gasteiger partial charge in [-0.05, 0) is 0 Å². The van der Waals surface area contributed by atoms with Crippen LogP contribution in [0.4, 0.5) is 0 Å². The number of nitrogens with zero attached hydrogens (tertiary/aromatic N) is 1. The molecule has 2 aromatic rings. The van der Waals surface area contributed by atoms with Gasteiger partial charge in [-0.15, -0.1) is 0 Å². The third kappa shape index (κ3) is 2.06. The summed E-state index contributed by atoms with van der Waals surface area (Å²) in [6, 6.07) is 5.88. The molecule has 0 radical (unpaired) electrons. The first-order valence-corrected chi connectivity index (χ1v) is 6.31. The molecule has 2 rings (SSSR count). The number of methoxy groups -OCH3 is 2. The fourth-order valence-electron chi connectivity index (χ4n) is 1.34. The summed E-state index contributed by atoms with van der Waals surface area (Å²) in [6.45, 7) is 0. The second-order valence-electron chi connectivity index (χ2n) is 2.91. The van der Waals surface area contributed by atoms with Gasteiger partial charge in [0.2, 0.25) is 0 Å². The zero-order valence-electron chi connectivity index (χ0n) is 8.56. The topological polar surface area (TPSA) is 31.4 Å². The van der Waals surface area contributed by atoms with Crippen molar-refractivity contribution in [3.05, 3.63) is 29.3 Å². The number of aromatic nitrogens is 1. The summed E-state index contributed by atoms with van der Waals surface area (Å²) in [7, 11) is 3.28. The van der Waals surface area contributed by atoms with Crippen molar-refractivity contribution in [2.75, 3.05) is 14.2 Å². The SMILES string of the molecule is COc1ccc(-c2ncc[se]2)cc1OC. The van der Waals surface area contributed by atoms with Gasteiger partial charge in [-0.1, -0.05) is 0 Å². The zero-order valence-corrected chi connectivity index (χ0v) is 10.3. The average molecular weight is 268 g/mol. The standard InChI is InChI=1S/C11H11NO2Se/c1-13-9-4-3-8(7-10(9)14-2)11-12-5-6-15-11/h3-7H,1-2H3. The predicted octanol–water partition coefficient (Wildman–Crippen LogP) is 1.82. The van der Waals surface area contributed by atoms with Gasteiger partial charge in [0.1, 0.15) is 0 Å². The van der Waals surface area contributed by atoms with E-state index in [9.17, 15) is 0 Å². The van der Waals surface area contributed by atoms with E-state index in [1.165, 1.54) is 0 Å². The van der Waals surface area contributed by atoms with E-state index < -0.39 is 0 Å². The van der Waals surface area contributed by atoms with Crippen LogP contribution < -0.4 is 9.47 Å². The fraction of sp³-hybridized carbons (Fsp3) is 0.182. The van der Waals surface area contributed by atoms with E-state index in [0.717, 1.165) is 21.6 Å². The Bertz CT molecular complexity index is 440. The van der Waals surface area contributed by atoms with Gasteiger partial charge in [0.05, 0.1) is 0 Å². The van der Waals surface area contributed by atoms with Crippen LogP contribution in [0.5, 0.6) is 11.5 Å². The summed E-state index contributed by atoms with van der Waals surface area (Å²) >= 11 is 0.347. The monoisotopic (exact) mass is 269 g/mol. The van der Waals surface area contributed by atoms with Crippen LogP contribution in [-0.2, 0) is 0 Å². The van der Waals surface area contributed by atoms with Crippen molar-refractivity contribution >= 4 is 14.5 Å². The summed E-state index contributed by atoms with van der Waals surface area (Å²) in [5.74, 6) is 1.50. The van der Waals surface area contributed by atoms with Crippen LogP contribution in [0.15, 0.2) is 29.3 Å². The molecule has 3 nitrogen and oxygen atoms in total. The van der Waals surface area contributed by atoms with Gasteiger partial charge in [0.25, 0.3) is 0 Å². The van der Waals surface area contributed by atoms with Crippen molar-refractivity contribution in [3.8, 4) is 21.6 Å². The molecule has 0 bridgehead atoms. The van der Waals surface area contributed by atoms with Gasteiger partial charge in [0, 0.05) is 0 Å². The second-order valence-corrected chi connectivity index (χ2v) is 4.78. The molecule has 4 heteroatoms. The molecule has 0 N–H and O–H groups in total. The molecule has 0 amide bonds. The molecule has 0 fully saturated rings. The summed E-state index contributed by atoms with van der Waals surface area (Å²) in [5.41, 5.74) is 1.11. The number of rotatable bonds is 3. The van der Waals surface area contributed by atoms with Crippen molar-refractivity contribution in [3.63, 3.8) is 0 Å². The molecule has 0 unspecified atom stereocenters. The number of benzene rings is 1. The molecule has 0 aliphatic rings. The quantitative estimate of drug-likeness (QED) is 0.796. The molecule has 0 aliphatic carbocycles. The van der Waals surface area contributed by atoms with E-state index in [1.54, 1.807) is 14.2 Å². The van der Waals surface area contributed by atoms with Crippen molar-refractivity contribution < 1.29 is 9.47 Å². The predicted molar refractivity (Wildman–Crippen MR) is 59.7 cm³/mol. The van der Waals surface area contributed by atoms with Crippen LogP contribution in [-0.4, -0.2) is 33.7 Å². The van der Waals surface area contributed by atoms with Gasteiger partial charge in [-0.3, -0.25) is 0 Å².